The third-order valence-corrected chi connectivity index (χ3v) is 4.74. The van der Waals surface area contributed by atoms with Crippen LogP contribution in [0.4, 0.5) is 9.52 Å². The maximum Gasteiger partial charge on any atom is 0.259 e. The summed E-state index contributed by atoms with van der Waals surface area (Å²) in [6, 6.07) is 9.61. The second-order valence-electron chi connectivity index (χ2n) is 5.77. The number of carbonyl (C=O) groups is 1. The number of hydrogen-bond acceptors (Lipinski definition) is 5. The van der Waals surface area contributed by atoms with Crippen LogP contribution in [0, 0.1) is 5.82 Å². The molecule has 0 aliphatic heterocycles. The number of aromatic nitrogens is 4. The minimum Gasteiger partial charge on any atom is -0.298 e. The number of nitrogens with one attached hydrogen (secondary N) is 1. The van der Waals surface area contributed by atoms with Crippen LogP contribution in [-0.4, -0.2) is 25.7 Å². The average molecular weight is 379 g/mol. The van der Waals surface area contributed by atoms with E-state index < -0.39 is 0 Å². The monoisotopic (exact) mass is 379 g/mol. The summed E-state index contributed by atoms with van der Waals surface area (Å²) in [6.45, 7) is 0. The van der Waals surface area contributed by atoms with Crippen LogP contribution in [0.1, 0.15) is 10.4 Å². The first-order chi connectivity index (χ1) is 13.1. The van der Waals surface area contributed by atoms with Gasteiger partial charge in [-0.1, -0.05) is 0 Å². The number of aryl methyl sites for hydroxylation is 1. The van der Waals surface area contributed by atoms with Gasteiger partial charge in [0.15, 0.2) is 5.13 Å². The van der Waals surface area contributed by atoms with Crippen molar-refractivity contribution in [1.29, 1.82) is 0 Å². The predicted octanol–water partition coefficient (Wildman–Crippen LogP) is 4.00. The summed E-state index contributed by atoms with van der Waals surface area (Å²) in [5.41, 5.74) is 3.62. The van der Waals surface area contributed by atoms with E-state index >= 15 is 0 Å². The standard InChI is InChI=1S/C19H14FN5OS/c1-25-17(12-4-6-14(20)7-5-12)15(10-22-25)16-11-27-19(23-16)24-18(26)13-3-2-8-21-9-13/h2-11H,1H3,(H,23,24,26). The number of benzene rings is 1. The van der Waals surface area contributed by atoms with Gasteiger partial charge < -0.3 is 0 Å². The van der Waals surface area contributed by atoms with Crippen molar-refractivity contribution in [2.75, 3.05) is 5.32 Å². The Morgan fingerprint density at radius 1 is 1.19 bits per heavy atom. The summed E-state index contributed by atoms with van der Waals surface area (Å²) < 4.78 is 15.0. The lowest BCUT2D eigenvalue weighted by molar-refractivity contribution is 0.102. The fraction of sp³-hybridized carbons (Fsp3) is 0.0526. The lowest BCUT2D eigenvalue weighted by Gasteiger charge is -2.05. The van der Waals surface area contributed by atoms with Gasteiger partial charge in [-0.25, -0.2) is 9.37 Å². The lowest BCUT2D eigenvalue weighted by Crippen LogP contribution is -2.11. The minimum atomic E-state index is -0.295. The zero-order valence-electron chi connectivity index (χ0n) is 14.3. The van der Waals surface area contributed by atoms with Gasteiger partial charge in [-0.3, -0.25) is 19.8 Å². The van der Waals surface area contributed by atoms with Crippen LogP contribution in [0.2, 0.25) is 0 Å². The van der Waals surface area contributed by atoms with Crippen molar-refractivity contribution in [3.63, 3.8) is 0 Å². The van der Waals surface area contributed by atoms with E-state index in [1.807, 2.05) is 12.4 Å². The second kappa shape index (κ2) is 7.08. The highest BCUT2D eigenvalue weighted by Gasteiger charge is 2.16. The van der Waals surface area contributed by atoms with Crippen molar-refractivity contribution in [3.8, 4) is 22.5 Å². The minimum absolute atomic E-state index is 0.269. The number of thiazole rings is 1. The largest absolute Gasteiger partial charge is 0.298 e. The Morgan fingerprint density at radius 2 is 2.00 bits per heavy atom. The summed E-state index contributed by atoms with van der Waals surface area (Å²) in [5, 5.41) is 9.40. The van der Waals surface area contributed by atoms with Gasteiger partial charge in [0.05, 0.1) is 23.1 Å². The fourth-order valence-corrected chi connectivity index (χ4v) is 3.40. The van der Waals surface area contributed by atoms with E-state index in [4.69, 9.17) is 0 Å². The number of rotatable bonds is 4. The van der Waals surface area contributed by atoms with Crippen molar-refractivity contribution in [2.45, 2.75) is 0 Å². The topological polar surface area (TPSA) is 72.7 Å². The Kier molecular flexibility index (Phi) is 4.47. The van der Waals surface area contributed by atoms with Crippen LogP contribution in [0.3, 0.4) is 0 Å². The molecule has 3 aromatic heterocycles. The number of hydrogen-bond donors (Lipinski definition) is 1. The lowest BCUT2D eigenvalue weighted by atomic mass is 10.1. The molecule has 27 heavy (non-hydrogen) atoms. The molecule has 3 heterocycles. The third-order valence-electron chi connectivity index (χ3n) is 3.98. The summed E-state index contributed by atoms with van der Waals surface area (Å²) >= 11 is 1.32. The molecule has 1 amide bonds. The van der Waals surface area contributed by atoms with Crippen molar-refractivity contribution >= 4 is 22.4 Å². The van der Waals surface area contributed by atoms with Gasteiger partial charge >= 0.3 is 0 Å². The smallest absolute Gasteiger partial charge is 0.259 e. The van der Waals surface area contributed by atoms with E-state index in [-0.39, 0.29) is 11.7 Å². The zero-order chi connectivity index (χ0) is 18.8. The molecule has 0 spiro atoms. The first kappa shape index (κ1) is 17.0. The molecule has 0 bridgehead atoms. The molecular formula is C19H14FN5OS. The SMILES string of the molecule is Cn1ncc(-c2csc(NC(=O)c3cccnc3)n2)c1-c1ccc(F)cc1. The average Bonchev–Trinajstić information content (AvgIpc) is 3.30. The molecule has 4 rings (SSSR count). The summed E-state index contributed by atoms with van der Waals surface area (Å²) in [6.07, 6.45) is 4.82. The number of carbonyl (C=O) groups excluding carboxylic acids is 1. The Balaban J connectivity index is 1.63. The van der Waals surface area contributed by atoms with E-state index in [1.54, 1.807) is 41.3 Å². The Bertz CT molecular complexity index is 1090. The molecule has 0 radical (unpaired) electrons. The Labute approximate surface area is 158 Å². The van der Waals surface area contributed by atoms with Gasteiger partial charge in [0, 0.05) is 35.9 Å². The van der Waals surface area contributed by atoms with Crippen LogP contribution < -0.4 is 5.32 Å². The first-order valence-electron chi connectivity index (χ1n) is 8.07. The molecule has 0 aliphatic carbocycles. The molecule has 1 aromatic carbocycles. The van der Waals surface area contributed by atoms with Crippen LogP contribution in [0.15, 0.2) is 60.4 Å². The van der Waals surface area contributed by atoms with Crippen LogP contribution in [0.5, 0.6) is 0 Å². The maximum atomic E-state index is 13.2. The molecule has 1 N–H and O–H groups in total. The first-order valence-corrected chi connectivity index (χ1v) is 8.95. The summed E-state index contributed by atoms with van der Waals surface area (Å²) in [7, 11) is 1.82. The molecule has 4 aromatic rings. The van der Waals surface area contributed by atoms with Gasteiger partial charge in [0.2, 0.25) is 0 Å². The molecule has 0 saturated heterocycles. The molecule has 0 unspecified atom stereocenters. The number of nitrogens with zero attached hydrogens (tertiary/aromatic N) is 4. The van der Waals surface area contributed by atoms with Gasteiger partial charge in [0.1, 0.15) is 5.82 Å². The molecule has 134 valence electrons. The number of amides is 1. The van der Waals surface area contributed by atoms with Gasteiger partial charge in [-0.2, -0.15) is 5.10 Å². The Morgan fingerprint density at radius 3 is 2.74 bits per heavy atom. The zero-order valence-corrected chi connectivity index (χ0v) is 15.1. The van der Waals surface area contributed by atoms with E-state index in [2.05, 4.69) is 20.4 Å². The highest BCUT2D eigenvalue weighted by atomic mass is 32.1. The van der Waals surface area contributed by atoms with Gasteiger partial charge in [-0.05, 0) is 36.4 Å². The maximum absolute atomic E-state index is 13.2. The quantitative estimate of drug-likeness (QED) is 0.582. The van der Waals surface area contributed by atoms with Gasteiger partial charge in [-0.15, -0.1) is 11.3 Å². The number of pyridine rings is 1. The van der Waals surface area contributed by atoms with Gasteiger partial charge in [0.25, 0.3) is 5.91 Å². The second-order valence-corrected chi connectivity index (χ2v) is 6.63. The number of halogens is 1. The summed E-state index contributed by atoms with van der Waals surface area (Å²) in [5.74, 6) is -0.564. The molecular weight excluding hydrogens is 365 g/mol. The van der Waals surface area contributed by atoms with Crippen molar-refractivity contribution in [2.24, 2.45) is 7.05 Å². The molecule has 0 saturated carbocycles. The van der Waals surface area contributed by atoms with Crippen molar-refractivity contribution in [1.82, 2.24) is 19.7 Å². The number of anilines is 1. The van der Waals surface area contributed by atoms with Crippen LogP contribution in [0.25, 0.3) is 22.5 Å². The predicted molar refractivity (Wildman–Crippen MR) is 102 cm³/mol. The van der Waals surface area contributed by atoms with E-state index in [9.17, 15) is 9.18 Å². The normalized spacial score (nSPS) is 10.7. The van der Waals surface area contributed by atoms with Crippen LogP contribution >= 0.6 is 11.3 Å². The summed E-state index contributed by atoms with van der Waals surface area (Å²) in [4.78, 5) is 20.7. The molecule has 0 atom stereocenters. The molecule has 6 nitrogen and oxygen atoms in total. The molecule has 0 fully saturated rings. The van der Waals surface area contributed by atoms with Crippen LogP contribution in [-0.2, 0) is 7.05 Å². The fourth-order valence-electron chi connectivity index (χ4n) is 2.70. The Hall–Kier alpha value is -3.39. The van der Waals surface area contributed by atoms with E-state index in [1.165, 1.54) is 29.7 Å². The molecule has 8 heteroatoms. The van der Waals surface area contributed by atoms with Crippen molar-refractivity contribution in [3.05, 3.63) is 71.7 Å². The highest BCUT2D eigenvalue weighted by Crippen LogP contribution is 2.33. The van der Waals surface area contributed by atoms with E-state index in [0.29, 0.717) is 16.4 Å². The third kappa shape index (κ3) is 3.47. The molecule has 0 aliphatic rings. The van der Waals surface area contributed by atoms with Crippen molar-refractivity contribution < 1.29 is 9.18 Å². The highest BCUT2D eigenvalue weighted by molar-refractivity contribution is 7.14. The van der Waals surface area contributed by atoms with E-state index in [0.717, 1.165) is 16.8 Å².